The average molecular weight is 269 g/mol. The molecule has 0 aromatic carbocycles. The minimum absolute atomic E-state index is 0.00859. The third-order valence-corrected chi connectivity index (χ3v) is 4.08. The number of nitrogens with one attached hydrogen (secondary N) is 1. The Labute approximate surface area is 111 Å². The maximum absolute atomic E-state index is 12.1. The van der Waals surface area contributed by atoms with Crippen molar-refractivity contribution in [2.75, 3.05) is 13.2 Å². The molecular weight excluding hydrogens is 250 g/mol. The summed E-state index contributed by atoms with van der Waals surface area (Å²) >= 11 is 1.55. The van der Waals surface area contributed by atoms with Gasteiger partial charge in [-0.25, -0.2) is 9.78 Å². The van der Waals surface area contributed by atoms with E-state index < -0.39 is 0 Å². The van der Waals surface area contributed by atoms with Crippen LogP contribution in [0.3, 0.4) is 0 Å². The number of carbonyl (C=O) groups is 1. The maximum Gasteiger partial charge on any atom is 0.318 e. The fourth-order valence-electron chi connectivity index (χ4n) is 1.84. The van der Waals surface area contributed by atoms with Crippen LogP contribution >= 0.6 is 11.3 Å². The average Bonchev–Trinajstić information content (AvgIpc) is 3.07. The molecule has 5 nitrogen and oxygen atoms in total. The molecule has 1 aliphatic carbocycles. The van der Waals surface area contributed by atoms with Crippen molar-refractivity contribution in [3.8, 4) is 0 Å². The molecule has 1 atom stereocenters. The number of urea groups is 1. The van der Waals surface area contributed by atoms with Crippen LogP contribution in [0.15, 0.2) is 5.38 Å². The van der Waals surface area contributed by atoms with E-state index in [0.29, 0.717) is 12.6 Å². The van der Waals surface area contributed by atoms with Crippen molar-refractivity contribution in [3.63, 3.8) is 0 Å². The van der Waals surface area contributed by atoms with Crippen molar-refractivity contribution in [1.29, 1.82) is 0 Å². The molecule has 1 heterocycles. The Morgan fingerprint density at radius 1 is 1.72 bits per heavy atom. The number of carbonyl (C=O) groups excluding carboxylic acids is 1. The van der Waals surface area contributed by atoms with Gasteiger partial charge in [-0.1, -0.05) is 0 Å². The number of hydrogen-bond acceptors (Lipinski definition) is 4. The largest absolute Gasteiger partial charge is 0.395 e. The summed E-state index contributed by atoms with van der Waals surface area (Å²) in [6.45, 7) is 4.28. The Morgan fingerprint density at radius 3 is 2.94 bits per heavy atom. The lowest BCUT2D eigenvalue weighted by molar-refractivity contribution is 0.171. The molecule has 1 aliphatic rings. The van der Waals surface area contributed by atoms with Crippen LogP contribution in [0.25, 0.3) is 0 Å². The van der Waals surface area contributed by atoms with Crippen molar-refractivity contribution in [1.82, 2.24) is 15.2 Å². The van der Waals surface area contributed by atoms with Gasteiger partial charge in [-0.05, 0) is 26.7 Å². The first-order valence-electron chi connectivity index (χ1n) is 6.22. The molecule has 1 unspecified atom stereocenters. The summed E-state index contributed by atoms with van der Waals surface area (Å²) in [5.41, 5.74) is 0.977. The molecule has 2 rings (SSSR count). The third kappa shape index (κ3) is 3.20. The summed E-state index contributed by atoms with van der Waals surface area (Å²) in [4.78, 5) is 18.2. The molecule has 6 heteroatoms. The first kappa shape index (κ1) is 13.3. The molecule has 0 radical (unpaired) electrons. The number of nitrogens with zero attached hydrogens (tertiary/aromatic N) is 2. The second-order valence-corrected chi connectivity index (χ2v) is 5.54. The smallest absolute Gasteiger partial charge is 0.318 e. The number of amides is 2. The summed E-state index contributed by atoms with van der Waals surface area (Å²) in [5, 5.41) is 14.8. The van der Waals surface area contributed by atoms with Gasteiger partial charge in [-0.2, -0.15) is 0 Å². The van der Waals surface area contributed by atoms with Crippen molar-refractivity contribution >= 4 is 17.4 Å². The zero-order chi connectivity index (χ0) is 13.1. The molecule has 0 bridgehead atoms. The monoisotopic (exact) mass is 269 g/mol. The second kappa shape index (κ2) is 5.67. The van der Waals surface area contributed by atoms with E-state index in [1.165, 1.54) is 0 Å². The summed E-state index contributed by atoms with van der Waals surface area (Å²) in [7, 11) is 0. The Hall–Kier alpha value is -1.14. The number of aliphatic hydroxyl groups is 1. The quantitative estimate of drug-likeness (QED) is 0.854. The second-order valence-electron chi connectivity index (χ2n) is 4.65. The van der Waals surface area contributed by atoms with E-state index in [2.05, 4.69) is 10.3 Å². The lowest BCUT2D eigenvalue weighted by atomic mass is 10.3. The third-order valence-electron chi connectivity index (χ3n) is 2.94. The number of aliphatic hydroxyl groups excluding tert-OH is 1. The molecule has 100 valence electrons. The molecule has 1 fully saturated rings. The first-order valence-corrected chi connectivity index (χ1v) is 7.09. The van der Waals surface area contributed by atoms with Gasteiger partial charge in [0.2, 0.25) is 0 Å². The van der Waals surface area contributed by atoms with Crippen LogP contribution in [0.5, 0.6) is 0 Å². The van der Waals surface area contributed by atoms with E-state index in [1.54, 1.807) is 16.2 Å². The van der Waals surface area contributed by atoms with Gasteiger partial charge in [0.15, 0.2) is 0 Å². The van der Waals surface area contributed by atoms with Crippen molar-refractivity contribution in [2.24, 2.45) is 0 Å². The number of rotatable bonds is 5. The van der Waals surface area contributed by atoms with Crippen LogP contribution in [-0.2, 0) is 0 Å². The number of aromatic nitrogens is 1. The van der Waals surface area contributed by atoms with Crippen molar-refractivity contribution < 1.29 is 9.90 Å². The molecule has 2 amide bonds. The Balaban J connectivity index is 1.93. The lowest BCUT2D eigenvalue weighted by Crippen LogP contribution is -2.43. The molecule has 18 heavy (non-hydrogen) atoms. The highest BCUT2D eigenvalue weighted by molar-refractivity contribution is 7.09. The highest BCUT2D eigenvalue weighted by Gasteiger charge is 2.32. The van der Waals surface area contributed by atoms with E-state index >= 15 is 0 Å². The minimum atomic E-state index is -0.105. The summed E-state index contributed by atoms with van der Waals surface area (Å²) in [6, 6.07) is 0.116. The first-order chi connectivity index (χ1) is 8.61. The van der Waals surface area contributed by atoms with Gasteiger partial charge < -0.3 is 15.3 Å². The van der Waals surface area contributed by atoms with Gasteiger partial charge in [-0.3, -0.25) is 0 Å². The van der Waals surface area contributed by atoms with E-state index in [0.717, 1.165) is 23.5 Å². The number of hydrogen-bond donors (Lipinski definition) is 2. The summed E-state index contributed by atoms with van der Waals surface area (Å²) < 4.78 is 0. The Kier molecular flexibility index (Phi) is 4.19. The fourth-order valence-corrected chi connectivity index (χ4v) is 2.65. The van der Waals surface area contributed by atoms with E-state index in [1.807, 2.05) is 19.2 Å². The zero-order valence-corrected chi connectivity index (χ0v) is 11.5. The summed E-state index contributed by atoms with van der Waals surface area (Å²) in [6.07, 6.45) is 2.08. The standard InChI is InChI=1S/C12H19N3O2S/c1-8-7-18-11(13-8)9(2)14-12(17)15(5-6-16)10-3-4-10/h7,9-10,16H,3-6H2,1-2H3,(H,14,17). The molecule has 0 aliphatic heterocycles. The van der Waals surface area contributed by atoms with E-state index in [4.69, 9.17) is 5.11 Å². The highest BCUT2D eigenvalue weighted by atomic mass is 32.1. The summed E-state index contributed by atoms with van der Waals surface area (Å²) in [5.74, 6) is 0. The molecular formula is C12H19N3O2S. The topological polar surface area (TPSA) is 65.5 Å². The van der Waals surface area contributed by atoms with Gasteiger partial charge >= 0.3 is 6.03 Å². The fraction of sp³-hybridized carbons (Fsp3) is 0.667. The molecule has 1 saturated carbocycles. The van der Waals surface area contributed by atoms with Gasteiger partial charge in [0.05, 0.1) is 12.6 Å². The van der Waals surface area contributed by atoms with Gasteiger partial charge in [0.25, 0.3) is 0 Å². The van der Waals surface area contributed by atoms with Crippen LogP contribution in [0.2, 0.25) is 0 Å². The van der Waals surface area contributed by atoms with Crippen LogP contribution in [-0.4, -0.2) is 40.2 Å². The van der Waals surface area contributed by atoms with Crippen molar-refractivity contribution in [3.05, 3.63) is 16.1 Å². The molecule has 1 aromatic heterocycles. The highest BCUT2D eigenvalue weighted by Crippen LogP contribution is 2.27. The SMILES string of the molecule is Cc1csc(C(C)NC(=O)N(CCO)C2CC2)n1. The predicted octanol–water partition coefficient (Wildman–Crippen LogP) is 1.68. The number of aryl methyl sites for hydroxylation is 1. The molecule has 2 N–H and O–H groups in total. The predicted molar refractivity (Wildman–Crippen MR) is 70.6 cm³/mol. The minimum Gasteiger partial charge on any atom is -0.395 e. The van der Waals surface area contributed by atoms with E-state index in [9.17, 15) is 4.79 Å². The van der Waals surface area contributed by atoms with Crippen LogP contribution in [0.4, 0.5) is 4.79 Å². The van der Waals surface area contributed by atoms with Crippen LogP contribution in [0.1, 0.15) is 36.5 Å². The zero-order valence-electron chi connectivity index (χ0n) is 10.7. The van der Waals surface area contributed by atoms with Crippen molar-refractivity contribution in [2.45, 2.75) is 38.8 Å². The van der Waals surface area contributed by atoms with Gasteiger partial charge in [0.1, 0.15) is 5.01 Å². The Morgan fingerprint density at radius 2 is 2.44 bits per heavy atom. The Bertz CT molecular complexity index is 417. The van der Waals surface area contributed by atoms with Gasteiger partial charge in [0, 0.05) is 23.7 Å². The van der Waals surface area contributed by atoms with Gasteiger partial charge in [-0.15, -0.1) is 11.3 Å². The normalized spacial score (nSPS) is 16.4. The number of thiazole rings is 1. The molecule has 1 aromatic rings. The van der Waals surface area contributed by atoms with E-state index in [-0.39, 0.29) is 18.7 Å². The van der Waals surface area contributed by atoms with Crippen LogP contribution < -0.4 is 5.32 Å². The molecule has 0 spiro atoms. The maximum atomic E-state index is 12.1. The lowest BCUT2D eigenvalue weighted by Gasteiger charge is -2.23. The van der Waals surface area contributed by atoms with Crippen LogP contribution in [0, 0.1) is 6.92 Å². The molecule has 0 saturated heterocycles.